The molecule has 3 nitrogen and oxygen atoms in total. The lowest BCUT2D eigenvalue weighted by Gasteiger charge is -1.97. The number of anilines is 1. The van der Waals surface area contributed by atoms with Crippen molar-refractivity contribution in [2.75, 3.05) is 5.73 Å². The molecule has 64 valence electrons. The fraction of sp³-hybridized carbons (Fsp3) is 0.222. The van der Waals surface area contributed by atoms with Gasteiger partial charge in [-0.2, -0.15) is 0 Å². The molecule has 1 aromatic rings. The zero-order chi connectivity index (χ0) is 8.97. The number of hydrogen-bond donors (Lipinski definition) is 2. The van der Waals surface area contributed by atoms with E-state index < -0.39 is 0 Å². The highest BCUT2D eigenvalue weighted by atomic mass is 14.8. The molecule has 0 heterocycles. The molecule has 1 rings (SSSR count). The van der Waals surface area contributed by atoms with Crippen LogP contribution in [0.25, 0.3) is 0 Å². The Morgan fingerprint density at radius 2 is 1.92 bits per heavy atom. The predicted molar refractivity (Wildman–Crippen MR) is 52.4 cm³/mol. The number of amidine groups is 1. The first-order valence-corrected chi connectivity index (χ1v) is 3.91. The number of nitrogen functional groups attached to an aromatic ring is 1. The van der Waals surface area contributed by atoms with Crippen LogP contribution in [0.1, 0.15) is 13.3 Å². The molecule has 0 saturated heterocycles. The third-order valence-corrected chi connectivity index (χ3v) is 1.53. The van der Waals surface area contributed by atoms with Crippen LogP contribution in [0.4, 0.5) is 11.4 Å². The summed E-state index contributed by atoms with van der Waals surface area (Å²) < 4.78 is 0. The molecular formula is C9H13N3. The number of rotatable bonds is 2. The van der Waals surface area contributed by atoms with Gasteiger partial charge in [0.25, 0.3) is 0 Å². The van der Waals surface area contributed by atoms with E-state index in [-0.39, 0.29) is 0 Å². The number of nitrogens with two attached hydrogens (primary N) is 2. The SMILES string of the molecule is CCC(N)=Nc1ccc(N)cc1. The maximum absolute atomic E-state index is 5.56. The van der Waals surface area contributed by atoms with Gasteiger partial charge in [0.15, 0.2) is 0 Å². The van der Waals surface area contributed by atoms with Crippen molar-refractivity contribution in [1.29, 1.82) is 0 Å². The number of aliphatic imine (C=N–C) groups is 1. The summed E-state index contributed by atoms with van der Waals surface area (Å²) in [5.74, 6) is 0.639. The normalized spacial score (nSPS) is 11.6. The van der Waals surface area contributed by atoms with Crippen LogP contribution < -0.4 is 11.5 Å². The molecule has 1 aromatic carbocycles. The van der Waals surface area contributed by atoms with Gasteiger partial charge < -0.3 is 11.5 Å². The zero-order valence-corrected chi connectivity index (χ0v) is 7.12. The molecule has 0 aliphatic heterocycles. The minimum atomic E-state index is 0.639. The lowest BCUT2D eigenvalue weighted by molar-refractivity contribution is 1.24. The summed E-state index contributed by atoms with van der Waals surface area (Å²) in [5, 5.41) is 0. The molecule has 0 spiro atoms. The molecule has 0 amide bonds. The standard InChI is InChI=1S/C9H13N3/c1-2-9(11)12-8-5-3-7(10)4-6-8/h3-6H,2,10H2,1H3,(H2,11,12). The minimum Gasteiger partial charge on any atom is -0.399 e. The van der Waals surface area contributed by atoms with E-state index in [2.05, 4.69) is 4.99 Å². The van der Waals surface area contributed by atoms with Crippen molar-refractivity contribution >= 4 is 17.2 Å². The predicted octanol–water partition coefficient (Wildman–Crippen LogP) is 1.67. The molecule has 0 bridgehead atoms. The zero-order valence-electron chi connectivity index (χ0n) is 7.12. The van der Waals surface area contributed by atoms with Crippen LogP contribution in [-0.2, 0) is 0 Å². The highest BCUT2D eigenvalue weighted by Gasteiger charge is 1.90. The summed E-state index contributed by atoms with van der Waals surface area (Å²) in [5.41, 5.74) is 12.7. The molecule has 0 unspecified atom stereocenters. The molecule has 0 aliphatic rings. The van der Waals surface area contributed by atoms with Gasteiger partial charge in [-0.05, 0) is 24.3 Å². The Balaban J connectivity index is 2.84. The summed E-state index contributed by atoms with van der Waals surface area (Å²) in [6, 6.07) is 7.30. The van der Waals surface area contributed by atoms with Crippen LogP contribution in [0, 0.1) is 0 Å². The second-order valence-electron chi connectivity index (χ2n) is 2.55. The first kappa shape index (κ1) is 8.59. The van der Waals surface area contributed by atoms with E-state index in [1.165, 1.54) is 0 Å². The van der Waals surface area contributed by atoms with Crippen LogP contribution >= 0.6 is 0 Å². The lowest BCUT2D eigenvalue weighted by atomic mass is 10.3. The van der Waals surface area contributed by atoms with Crippen molar-refractivity contribution in [3.63, 3.8) is 0 Å². The molecular weight excluding hydrogens is 150 g/mol. The second-order valence-corrected chi connectivity index (χ2v) is 2.55. The Morgan fingerprint density at radius 3 is 2.42 bits per heavy atom. The molecule has 3 heteroatoms. The van der Waals surface area contributed by atoms with Crippen molar-refractivity contribution in [3.05, 3.63) is 24.3 Å². The van der Waals surface area contributed by atoms with E-state index in [0.29, 0.717) is 5.84 Å². The summed E-state index contributed by atoms with van der Waals surface area (Å²) in [7, 11) is 0. The van der Waals surface area contributed by atoms with E-state index in [9.17, 15) is 0 Å². The smallest absolute Gasteiger partial charge is 0.0993 e. The van der Waals surface area contributed by atoms with Crippen LogP contribution in [0.15, 0.2) is 29.3 Å². The molecule has 12 heavy (non-hydrogen) atoms. The number of benzene rings is 1. The van der Waals surface area contributed by atoms with Crippen LogP contribution in [-0.4, -0.2) is 5.84 Å². The summed E-state index contributed by atoms with van der Waals surface area (Å²) in [6.45, 7) is 1.97. The monoisotopic (exact) mass is 163 g/mol. The molecule has 0 atom stereocenters. The summed E-state index contributed by atoms with van der Waals surface area (Å²) in [4.78, 5) is 4.16. The van der Waals surface area contributed by atoms with Gasteiger partial charge in [0.05, 0.1) is 11.5 Å². The maximum Gasteiger partial charge on any atom is 0.0993 e. The van der Waals surface area contributed by atoms with Crippen LogP contribution in [0.5, 0.6) is 0 Å². The van der Waals surface area contributed by atoms with E-state index in [1.54, 1.807) is 0 Å². The third-order valence-electron chi connectivity index (χ3n) is 1.53. The molecule has 0 fully saturated rings. The van der Waals surface area contributed by atoms with Gasteiger partial charge in [-0.1, -0.05) is 6.92 Å². The first-order chi connectivity index (χ1) is 5.72. The Kier molecular flexibility index (Phi) is 2.69. The summed E-state index contributed by atoms with van der Waals surface area (Å²) >= 11 is 0. The second kappa shape index (κ2) is 3.76. The Morgan fingerprint density at radius 1 is 1.33 bits per heavy atom. The van der Waals surface area contributed by atoms with Gasteiger partial charge in [-0.15, -0.1) is 0 Å². The van der Waals surface area contributed by atoms with Crippen molar-refractivity contribution < 1.29 is 0 Å². The Bertz CT molecular complexity index is 274. The van der Waals surface area contributed by atoms with Gasteiger partial charge in [-0.3, -0.25) is 0 Å². The quantitative estimate of drug-likeness (QED) is 0.395. The van der Waals surface area contributed by atoms with Gasteiger partial charge in [0.1, 0.15) is 0 Å². The van der Waals surface area contributed by atoms with Crippen molar-refractivity contribution in [2.24, 2.45) is 10.7 Å². The van der Waals surface area contributed by atoms with Crippen molar-refractivity contribution in [2.45, 2.75) is 13.3 Å². The van der Waals surface area contributed by atoms with E-state index in [0.717, 1.165) is 17.8 Å². The van der Waals surface area contributed by atoms with Gasteiger partial charge in [0.2, 0.25) is 0 Å². The van der Waals surface area contributed by atoms with E-state index >= 15 is 0 Å². The topological polar surface area (TPSA) is 64.4 Å². The van der Waals surface area contributed by atoms with E-state index in [1.807, 2.05) is 31.2 Å². The van der Waals surface area contributed by atoms with Crippen LogP contribution in [0.3, 0.4) is 0 Å². The molecule has 0 saturated carbocycles. The van der Waals surface area contributed by atoms with Crippen molar-refractivity contribution in [1.82, 2.24) is 0 Å². The van der Waals surface area contributed by atoms with Crippen molar-refractivity contribution in [3.8, 4) is 0 Å². The summed E-state index contributed by atoms with van der Waals surface area (Å²) in [6.07, 6.45) is 0.768. The Hall–Kier alpha value is -1.51. The molecule has 0 aliphatic carbocycles. The van der Waals surface area contributed by atoms with Gasteiger partial charge >= 0.3 is 0 Å². The van der Waals surface area contributed by atoms with E-state index in [4.69, 9.17) is 11.5 Å². The molecule has 0 aromatic heterocycles. The average molecular weight is 163 g/mol. The molecule has 0 radical (unpaired) electrons. The van der Waals surface area contributed by atoms with Gasteiger partial charge in [-0.25, -0.2) is 4.99 Å². The largest absolute Gasteiger partial charge is 0.399 e. The average Bonchev–Trinajstić information content (AvgIpc) is 2.09. The Labute approximate surface area is 72.1 Å². The number of nitrogens with zero attached hydrogens (tertiary/aromatic N) is 1. The third kappa shape index (κ3) is 2.27. The minimum absolute atomic E-state index is 0.639. The lowest BCUT2D eigenvalue weighted by Crippen LogP contribution is -2.08. The number of hydrogen-bond acceptors (Lipinski definition) is 2. The highest BCUT2D eigenvalue weighted by Crippen LogP contribution is 2.13. The van der Waals surface area contributed by atoms with Crippen LogP contribution in [0.2, 0.25) is 0 Å². The van der Waals surface area contributed by atoms with Gasteiger partial charge in [0, 0.05) is 12.1 Å². The maximum atomic E-state index is 5.56. The fourth-order valence-corrected chi connectivity index (χ4v) is 0.794. The fourth-order valence-electron chi connectivity index (χ4n) is 0.794. The first-order valence-electron chi connectivity index (χ1n) is 3.91. The molecule has 4 N–H and O–H groups in total. The highest BCUT2D eigenvalue weighted by molar-refractivity contribution is 5.82.